The van der Waals surface area contributed by atoms with Gasteiger partial charge in [0.15, 0.2) is 0 Å². The van der Waals surface area contributed by atoms with Crippen molar-refractivity contribution in [3.05, 3.63) is 88.4 Å². The van der Waals surface area contributed by atoms with Gasteiger partial charge < -0.3 is 19.9 Å². The lowest BCUT2D eigenvalue weighted by Gasteiger charge is -2.20. The summed E-state index contributed by atoms with van der Waals surface area (Å²) in [4.78, 5) is 36.9. The van der Waals surface area contributed by atoms with E-state index in [4.69, 9.17) is 21.1 Å². The zero-order valence-electron chi connectivity index (χ0n) is 25.3. The summed E-state index contributed by atoms with van der Waals surface area (Å²) in [6, 6.07) is 15.2. The monoisotopic (exact) mass is 707 g/mol. The number of hydrogen-bond acceptors (Lipinski definition) is 10. The standard InChI is InChI=1S/C31H34ClN3O10S2/c1-44-31(39)29-25(36)11-8-12-26(29)45-16-7-3-6-15-33-30(38)24(34-46(40,41)21-9-4-2-5-10-21)18-20-13-14-22(23(32)17-20)27-19-28(37)35-47(27,42)43/h2,4-5,8-14,17,24,27,34,36H,3,6-7,15-16,18-19H2,1H3,(H,33,38)(H,35,37)/t24-,27-/m0/s1. The normalized spacial score (nSPS) is 16.2. The summed E-state index contributed by atoms with van der Waals surface area (Å²) in [6.07, 6.45) is 1.32. The molecule has 47 heavy (non-hydrogen) atoms. The van der Waals surface area contributed by atoms with Crippen LogP contribution in [0.2, 0.25) is 5.02 Å². The fourth-order valence-electron chi connectivity index (χ4n) is 4.93. The minimum Gasteiger partial charge on any atom is -0.507 e. The molecule has 1 aliphatic rings. The highest BCUT2D eigenvalue weighted by Crippen LogP contribution is 2.35. The molecule has 0 unspecified atom stereocenters. The highest BCUT2D eigenvalue weighted by Gasteiger charge is 2.39. The number of phenols is 1. The Morgan fingerprint density at radius 1 is 1.06 bits per heavy atom. The number of halogens is 1. The molecular formula is C31H34ClN3O10S2. The van der Waals surface area contributed by atoms with E-state index in [0.717, 1.165) is 0 Å². The fourth-order valence-corrected chi connectivity index (χ4v) is 8.00. The van der Waals surface area contributed by atoms with Gasteiger partial charge in [-0.1, -0.05) is 48.0 Å². The molecule has 0 bridgehead atoms. The zero-order chi connectivity index (χ0) is 34.2. The van der Waals surface area contributed by atoms with Crippen LogP contribution < -0.4 is 19.5 Å². The molecule has 16 heteroatoms. The van der Waals surface area contributed by atoms with E-state index in [-0.39, 0.29) is 58.5 Å². The van der Waals surface area contributed by atoms with Crippen LogP contribution in [-0.4, -0.2) is 66.0 Å². The molecule has 2 atom stereocenters. The molecule has 0 radical (unpaired) electrons. The third kappa shape index (κ3) is 9.22. The van der Waals surface area contributed by atoms with Gasteiger partial charge in [0.05, 0.1) is 25.0 Å². The third-order valence-electron chi connectivity index (χ3n) is 7.29. The number of phenolic OH excluding ortho intramolecular Hbond substituents is 1. The number of esters is 1. The van der Waals surface area contributed by atoms with Crippen LogP contribution in [0.1, 0.15) is 52.4 Å². The second kappa shape index (κ2) is 15.6. The molecule has 13 nitrogen and oxygen atoms in total. The molecule has 4 N–H and O–H groups in total. The number of unbranched alkanes of at least 4 members (excludes halogenated alkanes) is 2. The summed E-state index contributed by atoms with van der Waals surface area (Å²) in [5.74, 6) is -2.03. The van der Waals surface area contributed by atoms with Crippen molar-refractivity contribution in [3.8, 4) is 11.5 Å². The maximum absolute atomic E-state index is 13.3. The number of methoxy groups -OCH3 is 1. The average Bonchev–Trinajstić information content (AvgIpc) is 3.31. The number of benzene rings is 3. The van der Waals surface area contributed by atoms with Gasteiger partial charge in [-0.15, -0.1) is 0 Å². The third-order valence-corrected chi connectivity index (χ3v) is 10.8. The molecule has 3 aromatic carbocycles. The van der Waals surface area contributed by atoms with E-state index in [2.05, 4.69) is 10.0 Å². The number of ether oxygens (including phenoxy) is 2. The topological polar surface area (TPSA) is 194 Å². The van der Waals surface area contributed by atoms with Crippen molar-refractivity contribution in [1.29, 1.82) is 0 Å². The number of hydrogen-bond donors (Lipinski definition) is 4. The predicted octanol–water partition coefficient (Wildman–Crippen LogP) is 2.98. The lowest BCUT2D eigenvalue weighted by molar-refractivity contribution is -0.122. The fraction of sp³-hybridized carbons (Fsp3) is 0.323. The summed E-state index contributed by atoms with van der Waals surface area (Å²) < 4.78 is 65.6. The summed E-state index contributed by atoms with van der Waals surface area (Å²) in [6.45, 7) is 0.451. The Bertz CT molecular complexity index is 1840. The minimum absolute atomic E-state index is 0.0307. The molecule has 1 saturated heterocycles. The van der Waals surface area contributed by atoms with Crippen molar-refractivity contribution in [2.24, 2.45) is 0 Å². The first-order valence-electron chi connectivity index (χ1n) is 14.5. The highest BCUT2D eigenvalue weighted by molar-refractivity contribution is 7.90. The van der Waals surface area contributed by atoms with Crippen LogP contribution in [0.3, 0.4) is 0 Å². The molecule has 1 aliphatic heterocycles. The van der Waals surface area contributed by atoms with Crippen LogP contribution in [0.15, 0.2) is 71.6 Å². The average molecular weight is 708 g/mol. The van der Waals surface area contributed by atoms with Crippen molar-refractivity contribution in [2.45, 2.75) is 48.3 Å². The molecule has 0 aromatic heterocycles. The van der Waals surface area contributed by atoms with Crippen molar-refractivity contribution in [2.75, 3.05) is 20.3 Å². The van der Waals surface area contributed by atoms with E-state index < -0.39 is 49.1 Å². The number of rotatable bonds is 15. The molecule has 0 aliphatic carbocycles. The van der Waals surface area contributed by atoms with Gasteiger partial charge in [0, 0.05) is 11.6 Å². The molecular weight excluding hydrogens is 674 g/mol. The van der Waals surface area contributed by atoms with Gasteiger partial charge in [-0.2, -0.15) is 4.72 Å². The molecule has 3 aromatic rings. The number of aromatic hydroxyl groups is 1. The first kappa shape index (κ1) is 35.7. The largest absolute Gasteiger partial charge is 0.507 e. The quantitative estimate of drug-likeness (QED) is 0.135. The van der Waals surface area contributed by atoms with E-state index in [1.54, 1.807) is 24.3 Å². The summed E-state index contributed by atoms with van der Waals surface area (Å²) in [5, 5.41) is 11.6. The Morgan fingerprint density at radius 3 is 2.47 bits per heavy atom. The van der Waals surface area contributed by atoms with E-state index in [9.17, 15) is 36.3 Å². The summed E-state index contributed by atoms with van der Waals surface area (Å²) in [5.41, 5.74) is 0.604. The molecule has 0 spiro atoms. The lowest BCUT2D eigenvalue weighted by atomic mass is 10.0. The Labute approximate surface area is 277 Å². The zero-order valence-corrected chi connectivity index (χ0v) is 27.7. The van der Waals surface area contributed by atoms with Crippen LogP contribution in [0.25, 0.3) is 0 Å². The van der Waals surface area contributed by atoms with E-state index in [0.29, 0.717) is 24.8 Å². The highest BCUT2D eigenvalue weighted by atomic mass is 35.5. The second-order valence-electron chi connectivity index (χ2n) is 10.7. The Morgan fingerprint density at radius 2 is 1.81 bits per heavy atom. The maximum atomic E-state index is 13.3. The smallest absolute Gasteiger partial charge is 0.345 e. The van der Waals surface area contributed by atoms with Crippen LogP contribution in [0, 0.1) is 0 Å². The second-order valence-corrected chi connectivity index (χ2v) is 14.6. The van der Waals surface area contributed by atoms with Crippen LogP contribution in [-0.2, 0) is 40.8 Å². The Balaban J connectivity index is 1.38. The van der Waals surface area contributed by atoms with Gasteiger partial charge >= 0.3 is 5.97 Å². The molecule has 4 rings (SSSR count). The Hall–Kier alpha value is -4.18. The number of sulfonamides is 2. The minimum atomic E-state index is -4.10. The van der Waals surface area contributed by atoms with E-state index in [1.165, 1.54) is 49.6 Å². The first-order valence-corrected chi connectivity index (χ1v) is 17.9. The van der Waals surface area contributed by atoms with Crippen molar-refractivity contribution in [1.82, 2.24) is 14.8 Å². The maximum Gasteiger partial charge on any atom is 0.345 e. The number of amides is 2. The van der Waals surface area contributed by atoms with Crippen LogP contribution in [0.5, 0.6) is 11.5 Å². The number of carbonyl (C=O) groups excluding carboxylic acids is 3. The van der Waals surface area contributed by atoms with Gasteiger partial charge in [0.1, 0.15) is 28.4 Å². The van der Waals surface area contributed by atoms with Crippen molar-refractivity contribution >= 4 is 49.4 Å². The van der Waals surface area contributed by atoms with Gasteiger partial charge in [-0.3, -0.25) is 14.3 Å². The molecule has 0 saturated carbocycles. The van der Waals surface area contributed by atoms with E-state index >= 15 is 0 Å². The lowest BCUT2D eigenvalue weighted by Crippen LogP contribution is -2.48. The molecule has 2 amide bonds. The van der Waals surface area contributed by atoms with Gasteiger partial charge in [-0.25, -0.2) is 21.6 Å². The predicted molar refractivity (Wildman–Crippen MR) is 172 cm³/mol. The molecule has 252 valence electrons. The van der Waals surface area contributed by atoms with Gasteiger partial charge in [0.2, 0.25) is 31.9 Å². The van der Waals surface area contributed by atoms with Crippen molar-refractivity contribution < 1.29 is 45.8 Å². The summed E-state index contributed by atoms with van der Waals surface area (Å²) >= 11 is 6.41. The molecule has 1 fully saturated rings. The number of nitrogens with one attached hydrogen (secondary N) is 3. The van der Waals surface area contributed by atoms with Gasteiger partial charge in [-0.05, 0) is 67.1 Å². The SMILES string of the molecule is COC(=O)c1c(O)cccc1OCCCCCNC(=O)[C@H](Cc1ccc([C@@H]2CC(=O)NS2(=O)=O)c(Cl)c1)NS(=O)(=O)c1ccccc1. The van der Waals surface area contributed by atoms with Crippen LogP contribution >= 0.6 is 11.6 Å². The van der Waals surface area contributed by atoms with Gasteiger partial charge in [0.25, 0.3) is 0 Å². The molecule has 1 heterocycles. The number of carbonyl (C=O) groups is 3. The first-order chi connectivity index (χ1) is 22.3. The summed E-state index contributed by atoms with van der Waals surface area (Å²) in [7, 11) is -6.83. The van der Waals surface area contributed by atoms with E-state index in [1.807, 2.05) is 4.72 Å². The van der Waals surface area contributed by atoms with Crippen molar-refractivity contribution in [3.63, 3.8) is 0 Å². The Kier molecular flexibility index (Phi) is 11.8. The van der Waals surface area contributed by atoms with Crippen LogP contribution in [0.4, 0.5) is 0 Å².